The molecule has 0 spiro atoms. The fourth-order valence-corrected chi connectivity index (χ4v) is 1.56. The Morgan fingerprint density at radius 3 is 2.53 bits per heavy atom. The first kappa shape index (κ1) is 11.7. The molecule has 0 aliphatic carbocycles. The molecule has 0 heterocycles. The first-order valence-corrected chi connectivity index (χ1v) is 5.66. The highest BCUT2D eigenvalue weighted by atomic mass is 35.5. The van der Waals surface area contributed by atoms with Crippen molar-refractivity contribution in [3.8, 4) is 5.75 Å². The van der Waals surface area contributed by atoms with Gasteiger partial charge in [-0.25, -0.2) is 0 Å². The van der Waals surface area contributed by atoms with Crippen molar-refractivity contribution in [3.05, 3.63) is 65.2 Å². The fourth-order valence-electron chi connectivity index (χ4n) is 1.38. The smallest absolute Gasteiger partial charge is 0.159 e. The average molecular weight is 246 g/mol. The van der Waals surface area contributed by atoms with E-state index in [0.717, 1.165) is 11.3 Å². The Bertz CT molecular complexity index is 523. The molecule has 0 aromatic heterocycles. The Kier molecular flexibility index (Phi) is 3.78. The van der Waals surface area contributed by atoms with E-state index in [1.165, 1.54) is 0 Å². The second-order valence-electron chi connectivity index (χ2n) is 3.59. The molecule has 0 fully saturated rings. The lowest BCUT2D eigenvalue weighted by Crippen LogP contribution is -1.97. The molecule has 2 nitrogen and oxygen atoms in total. The van der Waals surface area contributed by atoms with E-state index in [4.69, 9.17) is 16.4 Å². The minimum atomic E-state index is 0.632. The standard InChI is InChI=1S/C14H12ClNO/c1-11(12-6-3-2-4-7-12)16-17-14-9-5-8-13(15)10-14/h2-10H,1H3/b16-11+. The van der Waals surface area contributed by atoms with Gasteiger partial charge in [-0.3, -0.25) is 0 Å². The van der Waals surface area contributed by atoms with Crippen LogP contribution in [0.5, 0.6) is 5.75 Å². The number of oxime groups is 1. The molecule has 86 valence electrons. The van der Waals surface area contributed by atoms with E-state index in [1.807, 2.05) is 49.4 Å². The highest BCUT2D eigenvalue weighted by molar-refractivity contribution is 6.30. The van der Waals surface area contributed by atoms with Crippen LogP contribution in [0, 0.1) is 0 Å². The van der Waals surface area contributed by atoms with Gasteiger partial charge < -0.3 is 4.84 Å². The van der Waals surface area contributed by atoms with Gasteiger partial charge in [-0.2, -0.15) is 0 Å². The van der Waals surface area contributed by atoms with Gasteiger partial charge in [-0.1, -0.05) is 53.2 Å². The van der Waals surface area contributed by atoms with E-state index in [2.05, 4.69) is 5.16 Å². The Morgan fingerprint density at radius 2 is 1.82 bits per heavy atom. The van der Waals surface area contributed by atoms with E-state index >= 15 is 0 Å². The van der Waals surface area contributed by atoms with Crippen molar-refractivity contribution in [2.24, 2.45) is 5.16 Å². The average Bonchev–Trinajstić information content (AvgIpc) is 2.37. The molecule has 0 bridgehead atoms. The van der Waals surface area contributed by atoms with E-state index < -0.39 is 0 Å². The quantitative estimate of drug-likeness (QED) is 0.588. The lowest BCUT2D eigenvalue weighted by Gasteiger charge is -2.02. The van der Waals surface area contributed by atoms with Crippen LogP contribution in [0.15, 0.2) is 59.8 Å². The van der Waals surface area contributed by atoms with Crippen LogP contribution < -0.4 is 4.84 Å². The highest BCUT2D eigenvalue weighted by Crippen LogP contribution is 2.17. The number of benzene rings is 2. The molecular weight excluding hydrogens is 234 g/mol. The molecule has 0 aliphatic heterocycles. The van der Waals surface area contributed by atoms with Crippen molar-refractivity contribution < 1.29 is 4.84 Å². The summed E-state index contributed by atoms with van der Waals surface area (Å²) in [6.45, 7) is 1.90. The van der Waals surface area contributed by atoms with Crippen LogP contribution >= 0.6 is 11.6 Å². The minimum absolute atomic E-state index is 0.632. The molecule has 0 radical (unpaired) electrons. The summed E-state index contributed by atoms with van der Waals surface area (Å²) in [6.07, 6.45) is 0. The molecule has 3 heteroatoms. The largest absolute Gasteiger partial charge is 0.357 e. The lowest BCUT2D eigenvalue weighted by atomic mass is 10.1. The van der Waals surface area contributed by atoms with Crippen LogP contribution in [0.2, 0.25) is 5.02 Å². The number of hydrogen-bond acceptors (Lipinski definition) is 2. The SMILES string of the molecule is C/C(=N\Oc1cccc(Cl)c1)c1ccccc1. The van der Waals surface area contributed by atoms with Gasteiger partial charge in [-0.15, -0.1) is 0 Å². The fraction of sp³-hybridized carbons (Fsp3) is 0.0714. The summed E-state index contributed by atoms with van der Waals surface area (Å²) in [5.41, 5.74) is 1.86. The summed E-state index contributed by atoms with van der Waals surface area (Å²) in [4.78, 5) is 5.31. The van der Waals surface area contributed by atoms with Gasteiger partial charge in [0.25, 0.3) is 0 Å². The Balaban J connectivity index is 2.11. The zero-order valence-corrected chi connectivity index (χ0v) is 10.2. The maximum absolute atomic E-state index is 5.85. The molecule has 0 N–H and O–H groups in total. The number of hydrogen-bond donors (Lipinski definition) is 0. The summed E-state index contributed by atoms with van der Waals surface area (Å²) in [5.74, 6) is 0.632. The Labute approximate surface area is 105 Å². The molecule has 2 aromatic rings. The van der Waals surface area contributed by atoms with E-state index in [0.29, 0.717) is 10.8 Å². The van der Waals surface area contributed by atoms with Gasteiger partial charge in [0.2, 0.25) is 0 Å². The molecule has 2 rings (SSSR count). The van der Waals surface area contributed by atoms with Crippen molar-refractivity contribution in [1.29, 1.82) is 0 Å². The van der Waals surface area contributed by atoms with Gasteiger partial charge in [-0.05, 0) is 24.6 Å². The van der Waals surface area contributed by atoms with Crippen molar-refractivity contribution in [3.63, 3.8) is 0 Å². The lowest BCUT2D eigenvalue weighted by molar-refractivity contribution is 0.341. The third kappa shape index (κ3) is 3.33. The van der Waals surface area contributed by atoms with Crippen molar-refractivity contribution in [2.75, 3.05) is 0 Å². The highest BCUT2D eigenvalue weighted by Gasteiger charge is 1.98. The first-order chi connectivity index (χ1) is 8.25. The summed E-state index contributed by atoms with van der Waals surface area (Å²) >= 11 is 5.85. The third-order valence-electron chi connectivity index (χ3n) is 2.28. The zero-order chi connectivity index (χ0) is 12.1. The maximum Gasteiger partial charge on any atom is 0.159 e. The normalized spacial score (nSPS) is 11.3. The molecule has 0 unspecified atom stereocenters. The van der Waals surface area contributed by atoms with Crippen LogP contribution in [-0.4, -0.2) is 5.71 Å². The first-order valence-electron chi connectivity index (χ1n) is 5.28. The van der Waals surface area contributed by atoms with Gasteiger partial charge in [0.1, 0.15) is 0 Å². The molecule has 2 aromatic carbocycles. The van der Waals surface area contributed by atoms with E-state index in [9.17, 15) is 0 Å². The molecular formula is C14H12ClNO. The maximum atomic E-state index is 5.85. The molecule has 17 heavy (non-hydrogen) atoms. The van der Waals surface area contributed by atoms with Crippen molar-refractivity contribution in [2.45, 2.75) is 6.92 Å². The monoisotopic (exact) mass is 245 g/mol. The summed E-state index contributed by atoms with van der Waals surface area (Å²) in [7, 11) is 0. The number of halogens is 1. The predicted octanol–water partition coefficient (Wildman–Crippen LogP) is 4.14. The van der Waals surface area contributed by atoms with Gasteiger partial charge in [0, 0.05) is 11.1 Å². The minimum Gasteiger partial charge on any atom is -0.357 e. The predicted molar refractivity (Wildman–Crippen MR) is 70.7 cm³/mol. The Morgan fingerprint density at radius 1 is 1.06 bits per heavy atom. The molecule has 0 saturated heterocycles. The van der Waals surface area contributed by atoms with Crippen molar-refractivity contribution >= 4 is 17.3 Å². The van der Waals surface area contributed by atoms with Crippen LogP contribution in [-0.2, 0) is 0 Å². The number of nitrogens with zero attached hydrogens (tertiary/aromatic N) is 1. The van der Waals surface area contributed by atoms with Crippen LogP contribution in [0.4, 0.5) is 0 Å². The topological polar surface area (TPSA) is 21.6 Å². The summed E-state index contributed by atoms with van der Waals surface area (Å²) in [6, 6.07) is 17.0. The molecule has 0 aliphatic rings. The van der Waals surface area contributed by atoms with Crippen LogP contribution in [0.25, 0.3) is 0 Å². The van der Waals surface area contributed by atoms with E-state index in [-0.39, 0.29) is 0 Å². The zero-order valence-electron chi connectivity index (χ0n) is 9.43. The van der Waals surface area contributed by atoms with Crippen molar-refractivity contribution in [1.82, 2.24) is 0 Å². The van der Waals surface area contributed by atoms with Crippen LogP contribution in [0.1, 0.15) is 12.5 Å². The van der Waals surface area contributed by atoms with Gasteiger partial charge in [0.05, 0.1) is 5.71 Å². The summed E-state index contributed by atoms with van der Waals surface area (Å²) < 4.78 is 0. The molecule has 0 saturated carbocycles. The van der Waals surface area contributed by atoms with Gasteiger partial charge >= 0.3 is 0 Å². The second kappa shape index (κ2) is 5.51. The molecule has 0 amide bonds. The second-order valence-corrected chi connectivity index (χ2v) is 4.03. The van der Waals surface area contributed by atoms with Gasteiger partial charge in [0.15, 0.2) is 5.75 Å². The Hall–Kier alpha value is -1.80. The summed E-state index contributed by atoms with van der Waals surface area (Å²) in [5, 5.41) is 4.70. The third-order valence-corrected chi connectivity index (χ3v) is 2.51. The van der Waals surface area contributed by atoms with E-state index in [1.54, 1.807) is 12.1 Å². The van der Waals surface area contributed by atoms with Crippen LogP contribution in [0.3, 0.4) is 0 Å². The number of rotatable bonds is 3. The molecule has 0 atom stereocenters.